The maximum Gasteiger partial charge on any atom is 0.101 e. The molecule has 0 aromatic rings. The van der Waals surface area contributed by atoms with Crippen molar-refractivity contribution >= 4 is 5.71 Å². The van der Waals surface area contributed by atoms with E-state index in [4.69, 9.17) is 5.26 Å². The number of hydrogen-bond donors (Lipinski definition) is 1. The molecule has 1 fully saturated rings. The van der Waals surface area contributed by atoms with Crippen LogP contribution in [0.3, 0.4) is 0 Å². The molecular formula is C13H19N3. The van der Waals surface area contributed by atoms with Crippen molar-refractivity contribution in [3.63, 3.8) is 0 Å². The Bertz CT molecular complexity index is 328. The van der Waals surface area contributed by atoms with Gasteiger partial charge in [-0.15, -0.1) is 0 Å². The van der Waals surface area contributed by atoms with E-state index in [1.165, 1.54) is 5.71 Å². The standard InChI is InChI=1S/C13H19N3/c1-3-11(9-14)10-16-13(4-2)12-5-7-15-8-6-12/h3,10,12,15H,1,4-8H2,2H3/b11-10+,16-13?. The second-order valence-corrected chi connectivity index (χ2v) is 3.90. The Morgan fingerprint density at radius 1 is 1.56 bits per heavy atom. The fraction of sp³-hybridized carbons (Fsp3) is 0.538. The molecule has 0 aliphatic carbocycles. The van der Waals surface area contributed by atoms with Crippen molar-refractivity contribution in [1.29, 1.82) is 5.26 Å². The lowest BCUT2D eigenvalue weighted by atomic mass is 9.91. The van der Waals surface area contributed by atoms with Crippen LogP contribution in [0.2, 0.25) is 0 Å². The topological polar surface area (TPSA) is 48.2 Å². The van der Waals surface area contributed by atoms with Crippen molar-refractivity contribution in [1.82, 2.24) is 5.32 Å². The van der Waals surface area contributed by atoms with Crippen LogP contribution in [0.25, 0.3) is 0 Å². The minimum absolute atomic E-state index is 0.528. The lowest BCUT2D eigenvalue weighted by Gasteiger charge is -2.23. The average Bonchev–Trinajstić information content (AvgIpc) is 2.36. The van der Waals surface area contributed by atoms with Gasteiger partial charge in [0.1, 0.15) is 6.07 Å². The van der Waals surface area contributed by atoms with Gasteiger partial charge in [-0.25, -0.2) is 0 Å². The first-order valence-electron chi connectivity index (χ1n) is 5.81. The summed E-state index contributed by atoms with van der Waals surface area (Å²) in [5, 5.41) is 12.1. The van der Waals surface area contributed by atoms with Crippen molar-refractivity contribution in [2.75, 3.05) is 13.1 Å². The summed E-state index contributed by atoms with van der Waals surface area (Å²) in [7, 11) is 0. The SMILES string of the molecule is C=C/C(C#N)=C\N=C(CC)C1CCNCC1. The summed E-state index contributed by atoms with van der Waals surface area (Å²) in [5.74, 6) is 0.576. The number of nitriles is 1. The predicted octanol–water partition coefficient (Wildman–Crippen LogP) is 2.43. The third-order valence-electron chi connectivity index (χ3n) is 2.89. The maximum atomic E-state index is 8.75. The summed E-state index contributed by atoms with van der Waals surface area (Å²) in [6.45, 7) is 7.84. The molecule has 1 heterocycles. The monoisotopic (exact) mass is 217 g/mol. The highest BCUT2D eigenvalue weighted by Gasteiger charge is 2.16. The molecule has 1 saturated heterocycles. The predicted molar refractivity (Wildman–Crippen MR) is 67.2 cm³/mol. The minimum Gasteiger partial charge on any atom is -0.317 e. The first-order valence-corrected chi connectivity index (χ1v) is 5.81. The quantitative estimate of drug-likeness (QED) is 0.446. The van der Waals surface area contributed by atoms with Crippen LogP contribution >= 0.6 is 0 Å². The second kappa shape index (κ2) is 6.97. The highest BCUT2D eigenvalue weighted by Crippen LogP contribution is 2.16. The van der Waals surface area contributed by atoms with Gasteiger partial charge in [-0.3, -0.25) is 4.99 Å². The van der Waals surface area contributed by atoms with Crippen molar-refractivity contribution < 1.29 is 0 Å². The van der Waals surface area contributed by atoms with E-state index in [0.717, 1.165) is 32.4 Å². The van der Waals surface area contributed by atoms with Crippen LogP contribution in [-0.2, 0) is 0 Å². The maximum absolute atomic E-state index is 8.75. The van der Waals surface area contributed by atoms with Crippen molar-refractivity contribution in [3.8, 4) is 6.07 Å². The Hall–Kier alpha value is -1.40. The van der Waals surface area contributed by atoms with Gasteiger partial charge in [0, 0.05) is 11.9 Å². The molecule has 0 unspecified atom stereocenters. The molecule has 0 spiro atoms. The highest BCUT2D eigenvalue weighted by atomic mass is 14.9. The van der Waals surface area contributed by atoms with Crippen LogP contribution in [0.15, 0.2) is 29.4 Å². The fourth-order valence-corrected chi connectivity index (χ4v) is 1.92. The number of nitrogens with zero attached hydrogens (tertiary/aromatic N) is 2. The molecule has 16 heavy (non-hydrogen) atoms. The first kappa shape index (κ1) is 12.7. The molecular weight excluding hydrogens is 198 g/mol. The molecule has 3 nitrogen and oxygen atoms in total. The lowest BCUT2D eigenvalue weighted by Crippen LogP contribution is -2.31. The van der Waals surface area contributed by atoms with E-state index in [2.05, 4.69) is 29.9 Å². The molecule has 1 aliphatic heterocycles. The van der Waals surface area contributed by atoms with Crippen molar-refractivity contribution in [2.45, 2.75) is 26.2 Å². The van der Waals surface area contributed by atoms with Crippen LogP contribution in [0.1, 0.15) is 26.2 Å². The largest absolute Gasteiger partial charge is 0.317 e. The summed E-state index contributed by atoms with van der Waals surface area (Å²) < 4.78 is 0. The number of hydrogen-bond acceptors (Lipinski definition) is 3. The van der Waals surface area contributed by atoms with E-state index in [-0.39, 0.29) is 0 Å². The molecule has 0 atom stereocenters. The zero-order chi connectivity index (χ0) is 11.8. The van der Waals surface area contributed by atoms with E-state index in [0.29, 0.717) is 11.5 Å². The van der Waals surface area contributed by atoms with Gasteiger partial charge in [0.2, 0.25) is 0 Å². The van der Waals surface area contributed by atoms with Gasteiger partial charge in [-0.1, -0.05) is 19.6 Å². The second-order valence-electron chi connectivity index (χ2n) is 3.90. The number of rotatable bonds is 4. The fourth-order valence-electron chi connectivity index (χ4n) is 1.92. The highest BCUT2D eigenvalue weighted by molar-refractivity contribution is 5.87. The Labute approximate surface area is 97.6 Å². The van der Waals surface area contributed by atoms with E-state index in [9.17, 15) is 0 Å². The Kier molecular flexibility index (Phi) is 5.52. The van der Waals surface area contributed by atoms with Crippen LogP contribution in [-0.4, -0.2) is 18.8 Å². The zero-order valence-electron chi connectivity index (χ0n) is 9.87. The number of nitrogens with one attached hydrogen (secondary N) is 1. The average molecular weight is 217 g/mol. The van der Waals surface area contributed by atoms with Crippen LogP contribution < -0.4 is 5.32 Å². The van der Waals surface area contributed by atoms with Gasteiger partial charge in [0.25, 0.3) is 0 Å². The molecule has 86 valence electrons. The molecule has 0 bridgehead atoms. The molecule has 1 N–H and O–H groups in total. The van der Waals surface area contributed by atoms with Gasteiger partial charge < -0.3 is 5.32 Å². The first-order chi connectivity index (χ1) is 7.81. The molecule has 1 rings (SSSR count). The Balaban J connectivity index is 2.72. The summed E-state index contributed by atoms with van der Waals surface area (Å²) >= 11 is 0. The number of allylic oxidation sites excluding steroid dienone is 2. The van der Waals surface area contributed by atoms with Crippen LogP contribution in [0.4, 0.5) is 0 Å². The van der Waals surface area contributed by atoms with Gasteiger partial charge in [0.05, 0.1) is 5.57 Å². The molecule has 3 heteroatoms. The molecule has 0 aromatic carbocycles. The summed E-state index contributed by atoms with van der Waals surface area (Å²) in [5.41, 5.74) is 1.73. The van der Waals surface area contributed by atoms with Crippen molar-refractivity contribution in [2.24, 2.45) is 10.9 Å². The van der Waals surface area contributed by atoms with Crippen LogP contribution in [0.5, 0.6) is 0 Å². The summed E-state index contributed by atoms with van der Waals surface area (Å²) in [4.78, 5) is 4.44. The molecule has 0 aromatic heterocycles. The van der Waals surface area contributed by atoms with Gasteiger partial charge in [0.15, 0.2) is 0 Å². The number of piperidine rings is 1. The van der Waals surface area contributed by atoms with E-state index >= 15 is 0 Å². The molecule has 0 amide bonds. The van der Waals surface area contributed by atoms with Gasteiger partial charge in [-0.2, -0.15) is 5.26 Å². The van der Waals surface area contributed by atoms with Crippen molar-refractivity contribution in [3.05, 3.63) is 24.4 Å². The third-order valence-corrected chi connectivity index (χ3v) is 2.89. The summed E-state index contributed by atoms with van der Waals surface area (Å²) in [6, 6.07) is 2.06. The van der Waals surface area contributed by atoms with Crippen LogP contribution in [0, 0.1) is 17.2 Å². The zero-order valence-corrected chi connectivity index (χ0v) is 9.87. The van der Waals surface area contributed by atoms with E-state index in [1.807, 2.05) is 0 Å². The normalized spacial score (nSPS) is 19.2. The minimum atomic E-state index is 0.528. The Morgan fingerprint density at radius 3 is 2.75 bits per heavy atom. The lowest BCUT2D eigenvalue weighted by molar-refractivity contribution is 0.453. The Morgan fingerprint density at radius 2 is 2.25 bits per heavy atom. The smallest absolute Gasteiger partial charge is 0.101 e. The van der Waals surface area contributed by atoms with E-state index < -0.39 is 0 Å². The number of aliphatic imine (C=N–C) groups is 1. The van der Waals surface area contributed by atoms with E-state index in [1.54, 1.807) is 12.3 Å². The third kappa shape index (κ3) is 3.63. The molecule has 0 radical (unpaired) electrons. The van der Waals surface area contributed by atoms with Gasteiger partial charge >= 0.3 is 0 Å². The van der Waals surface area contributed by atoms with Gasteiger partial charge in [-0.05, 0) is 38.3 Å². The summed E-state index contributed by atoms with van der Waals surface area (Å²) in [6.07, 6.45) is 6.43. The molecule has 1 aliphatic rings. The molecule has 0 saturated carbocycles.